The summed E-state index contributed by atoms with van der Waals surface area (Å²) in [6.07, 6.45) is 6.72. The lowest BCUT2D eigenvalue weighted by Crippen LogP contribution is -2.51. The molecule has 0 radical (unpaired) electrons. The Balaban J connectivity index is 1.34. The standard InChI is InChI=1S/C21H29FN2O/c1-16-10-18(12-19(22)11-16)13-23-8-6-21(7-9-23)5-4-20(25)24(15-21)14-17-2-3-17/h10-12,17H,2-9,13-15H2,1H3. The van der Waals surface area contributed by atoms with Gasteiger partial charge in [-0.1, -0.05) is 6.07 Å². The maximum Gasteiger partial charge on any atom is 0.222 e. The van der Waals surface area contributed by atoms with E-state index < -0.39 is 0 Å². The number of likely N-dealkylation sites (tertiary alicyclic amines) is 2. The number of halogens is 1. The Morgan fingerprint density at radius 3 is 2.60 bits per heavy atom. The Labute approximate surface area is 150 Å². The van der Waals surface area contributed by atoms with Crippen LogP contribution in [0.4, 0.5) is 4.39 Å². The largest absolute Gasteiger partial charge is 0.342 e. The summed E-state index contributed by atoms with van der Waals surface area (Å²) in [5.74, 6) is 1.01. The molecule has 1 aromatic carbocycles. The number of carbonyl (C=O) groups excluding carboxylic acids is 1. The second-order valence-corrected chi connectivity index (χ2v) is 8.63. The van der Waals surface area contributed by atoms with Gasteiger partial charge in [-0.2, -0.15) is 0 Å². The molecule has 1 aromatic rings. The summed E-state index contributed by atoms with van der Waals surface area (Å²) in [6.45, 7) is 6.86. The molecular weight excluding hydrogens is 315 g/mol. The van der Waals surface area contributed by atoms with Crippen LogP contribution < -0.4 is 0 Å². The van der Waals surface area contributed by atoms with Gasteiger partial charge in [-0.15, -0.1) is 0 Å². The molecule has 0 N–H and O–H groups in total. The zero-order valence-corrected chi connectivity index (χ0v) is 15.3. The van der Waals surface area contributed by atoms with E-state index in [-0.39, 0.29) is 5.82 Å². The van der Waals surface area contributed by atoms with Crippen molar-refractivity contribution in [3.8, 4) is 0 Å². The minimum atomic E-state index is -0.134. The number of hydrogen-bond donors (Lipinski definition) is 0. The summed E-state index contributed by atoms with van der Waals surface area (Å²) in [7, 11) is 0. The second-order valence-electron chi connectivity index (χ2n) is 8.63. The number of amides is 1. The molecule has 136 valence electrons. The first-order valence-electron chi connectivity index (χ1n) is 9.78. The lowest BCUT2D eigenvalue weighted by molar-refractivity contribution is -0.139. The first-order chi connectivity index (χ1) is 12.0. The van der Waals surface area contributed by atoms with Crippen LogP contribution in [0.15, 0.2) is 18.2 Å². The highest BCUT2D eigenvalue weighted by Crippen LogP contribution is 2.42. The van der Waals surface area contributed by atoms with Crippen LogP contribution in [0.25, 0.3) is 0 Å². The van der Waals surface area contributed by atoms with E-state index in [4.69, 9.17) is 0 Å². The number of benzene rings is 1. The van der Waals surface area contributed by atoms with Gasteiger partial charge in [0.05, 0.1) is 0 Å². The first kappa shape index (κ1) is 17.0. The fourth-order valence-electron chi connectivity index (χ4n) is 4.64. The van der Waals surface area contributed by atoms with E-state index in [1.807, 2.05) is 6.92 Å². The van der Waals surface area contributed by atoms with Crippen LogP contribution in [0, 0.1) is 24.1 Å². The van der Waals surface area contributed by atoms with Gasteiger partial charge in [-0.05, 0) is 86.7 Å². The molecule has 1 amide bonds. The fraction of sp³-hybridized carbons (Fsp3) is 0.667. The van der Waals surface area contributed by atoms with E-state index in [2.05, 4.69) is 15.9 Å². The minimum absolute atomic E-state index is 0.134. The van der Waals surface area contributed by atoms with Crippen LogP contribution in [-0.4, -0.2) is 41.9 Å². The molecule has 2 heterocycles. The summed E-state index contributed by atoms with van der Waals surface area (Å²) in [5, 5.41) is 0. The molecule has 3 aliphatic rings. The predicted molar refractivity (Wildman–Crippen MR) is 96.6 cm³/mol. The van der Waals surface area contributed by atoms with Crippen molar-refractivity contribution in [3.63, 3.8) is 0 Å². The molecule has 2 aliphatic heterocycles. The van der Waals surface area contributed by atoms with Gasteiger partial charge >= 0.3 is 0 Å². The van der Waals surface area contributed by atoms with Gasteiger partial charge in [0, 0.05) is 26.1 Å². The van der Waals surface area contributed by atoms with Crippen molar-refractivity contribution in [2.45, 2.75) is 52.0 Å². The summed E-state index contributed by atoms with van der Waals surface area (Å²) in [5.41, 5.74) is 2.39. The molecule has 4 rings (SSSR count). The third kappa shape index (κ3) is 4.05. The van der Waals surface area contributed by atoms with Crippen molar-refractivity contribution in [2.75, 3.05) is 26.2 Å². The molecule has 3 nitrogen and oxygen atoms in total. The predicted octanol–water partition coefficient (Wildman–Crippen LogP) is 3.75. The van der Waals surface area contributed by atoms with Crippen LogP contribution in [0.1, 0.15) is 49.7 Å². The molecular formula is C21H29FN2O. The van der Waals surface area contributed by atoms with Gasteiger partial charge in [0.2, 0.25) is 5.91 Å². The Morgan fingerprint density at radius 1 is 1.16 bits per heavy atom. The zero-order valence-electron chi connectivity index (χ0n) is 15.3. The quantitative estimate of drug-likeness (QED) is 0.830. The van der Waals surface area contributed by atoms with E-state index >= 15 is 0 Å². The summed E-state index contributed by atoms with van der Waals surface area (Å²) in [4.78, 5) is 16.8. The number of piperidine rings is 2. The third-order valence-electron chi connectivity index (χ3n) is 6.35. The molecule has 25 heavy (non-hydrogen) atoms. The molecule has 1 aliphatic carbocycles. The number of hydrogen-bond acceptors (Lipinski definition) is 2. The minimum Gasteiger partial charge on any atom is -0.342 e. The molecule has 0 atom stereocenters. The molecule has 0 bridgehead atoms. The number of aryl methyl sites for hydroxylation is 1. The van der Waals surface area contributed by atoms with Gasteiger partial charge in [0.15, 0.2) is 0 Å². The van der Waals surface area contributed by atoms with Gasteiger partial charge in [-0.3, -0.25) is 9.69 Å². The average molecular weight is 344 g/mol. The number of nitrogens with zero attached hydrogens (tertiary/aromatic N) is 2. The Morgan fingerprint density at radius 2 is 1.92 bits per heavy atom. The first-order valence-corrected chi connectivity index (χ1v) is 9.78. The summed E-state index contributed by atoms with van der Waals surface area (Å²) < 4.78 is 13.6. The molecule has 2 saturated heterocycles. The SMILES string of the molecule is Cc1cc(F)cc(CN2CCC3(CCC(=O)N(CC4CC4)C3)CC2)c1. The van der Waals surface area contributed by atoms with E-state index in [9.17, 15) is 9.18 Å². The zero-order chi connectivity index (χ0) is 17.4. The van der Waals surface area contributed by atoms with Crippen LogP contribution in [0.2, 0.25) is 0 Å². The molecule has 0 aromatic heterocycles. The van der Waals surface area contributed by atoms with Crippen molar-refractivity contribution >= 4 is 5.91 Å². The molecule has 3 fully saturated rings. The normalized spacial score (nSPS) is 24.1. The van der Waals surface area contributed by atoms with Crippen LogP contribution in [0.3, 0.4) is 0 Å². The number of carbonyl (C=O) groups is 1. The Kier molecular flexibility index (Phi) is 4.57. The second kappa shape index (κ2) is 6.71. The summed E-state index contributed by atoms with van der Waals surface area (Å²) in [6, 6.07) is 5.33. The van der Waals surface area contributed by atoms with E-state index in [0.717, 1.165) is 75.5 Å². The average Bonchev–Trinajstić information content (AvgIpc) is 3.37. The maximum atomic E-state index is 13.6. The molecule has 1 spiro atoms. The highest BCUT2D eigenvalue weighted by Gasteiger charge is 2.42. The van der Waals surface area contributed by atoms with Gasteiger partial charge in [0.25, 0.3) is 0 Å². The van der Waals surface area contributed by atoms with Crippen molar-refractivity contribution < 1.29 is 9.18 Å². The van der Waals surface area contributed by atoms with Crippen LogP contribution in [-0.2, 0) is 11.3 Å². The van der Waals surface area contributed by atoms with Crippen molar-refractivity contribution in [2.24, 2.45) is 11.3 Å². The summed E-state index contributed by atoms with van der Waals surface area (Å²) >= 11 is 0. The number of rotatable bonds is 4. The van der Waals surface area contributed by atoms with Crippen LogP contribution >= 0.6 is 0 Å². The van der Waals surface area contributed by atoms with E-state index in [1.165, 1.54) is 12.8 Å². The topological polar surface area (TPSA) is 23.6 Å². The van der Waals surface area contributed by atoms with Gasteiger partial charge in [0.1, 0.15) is 5.82 Å². The van der Waals surface area contributed by atoms with Crippen molar-refractivity contribution in [1.29, 1.82) is 0 Å². The van der Waals surface area contributed by atoms with Crippen molar-refractivity contribution in [1.82, 2.24) is 9.80 Å². The lowest BCUT2D eigenvalue weighted by Gasteiger charge is -2.47. The van der Waals surface area contributed by atoms with E-state index in [0.29, 0.717) is 11.3 Å². The Hall–Kier alpha value is -1.42. The van der Waals surface area contributed by atoms with Crippen molar-refractivity contribution in [3.05, 3.63) is 35.1 Å². The molecule has 4 heteroatoms. The highest BCUT2D eigenvalue weighted by atomic mass is 19.1. The molecule has 0 unspecified atom stereocenters. The monoisotopic (exact) mass is 344 g/mol. The van der Waals surface area contributed by atoms with Gasteiger partial charge in [-0.25, -0.2) is 4.39 Å². The molecule has 1 saturated carbocycles. The maximum absolute atomic E-state index is 13.6. The van der Waals surface area contributed by atoms with E-state index in [1.54, 1.807) is 12.1 Å². The van der Waals surface area contributed by atoms with Crippen LogP contribution in [0.5, 0.6) is 0 Å². The lowest BCUT2D eigenvalue weighted by atomic mass is 9.72. The Bertz CT molecular complexity index is 627. The van der Waals surface area contributed by atoms with Gasteiger partial charge < -0.3 is 4.90 Å². The highest BCUT2D eigenvalue weighted by molar-refractivity contribution is 5.77. The fourth-order valence-corrected chi connectivity index (χ4v) is 4.64. The third-order valence-corrected chi connectivity index (χ3v) is 6.35. The smallest absolute Gasteiger partial charge is 0.222 e.